The Labute approximate surface area is 116 Å². The van der Waals surface area contributed by atoms with Crippen LogP contribution in [0.2, 0.25) is 0 Å². The second-order valence-electron chi connectivity index (χ2n) is 6.85. The maximum absolute atomic E-state index is 12.2. The van der Waals surface area contributed by atoms with Crippen LogP contribution >= 0.6 is 0 Å². The number of hydrogen-bond donors (Lipinski definition) is 2. The van der Waals surface area contributed by atoms with Crippen LogP contribution in [0.3, 0.4) is 0 Å². The Balaban J connectivity index is 1.43. The number of carbonyl (C=O) groups is 1. The normalized spacial score (nSPS) is 39.2. The number of carbonyl (C=O) groups excluding carboxylic acids is 1. The Morgan fingerprint density at radius 3 is 2.68 bits per heavy atom. The summed E-state index contributed by atoms with van der Waals surface area (Å²) in [6, 6.07) is 1.76. The topological polar surface area (TPSA) is 44.4 Å². The molecule has 0 aliphatic carbocycles. The first-order valence-electron chi connectivity index (χ1n) is 7.93. The van der Waals surface area contributed by atoms with Crippen molar-refractivity contribution in [3.05, 3.63) is 0 Å². The Bertz CT molecular complexity index is 321. The highest BCUT2D eigenvalue weighted by Crippen LogP contribution is 2.32. The number of hydrogen-bond acceptors (Lipinski definition) is 3. The fraction of sp³-hybridized carbons (Fsp3) is 0.933. The molecule has 0 aromatic heterocycles. The molecule has 3 atom stereocenters. The summed E-state index contributed by atoms with van der Waals surface area (Å²) in [6.07, 6.45) is 8.14. The van der Waals surface area contributed by atoms with E-state index < -0.39 is 0 Å². The first-order chi connectivity index (χ1) is 9.19. The van der Waals surface area contributed by atoms with Gasteiger partial charge in [-0.25, -0.2) is 0 Å². The zero-order valence-corrected chi connectivity index (χ0v) is 12.0. The molecule has 0 saturated carbocycles. The van der Waals surface area contributed by atoms with Gasteiger partial charge in [0.25, 0.3) is 0 Å². The summed E-state index contributed by atoms with van der Waals surface area (Å²) < 4.78 is 0. The zero-order chi connectivity index (χ0) is 13.2. The summed E-state index contributed by atoms with van der Waals surface area (Å²) >= 11 is 0. The maximum atomic E-state index is 12.2. The molecule has 3 fully saturated rings. The lowest BCUT2D eigenvalue weighted by Crippen LogP contribution is -2.47. The fourth-order valence-electron chi connectivity index (χ4n) is 4.17. The van der Waals surface area contributed by atoms with Crippen LogP contribution in [0, 0.1) is 5.92 Å². The number of nitrogens with one attached hydrogen (secondary N) is 2. The van der Waals surface area contributed by atoms with E-state index in [0.29, 0.717) is 24.0 Å². The second-order valence-corrected chi connectivity index (χ2v) is 6.85. The molecule has 0 spiro atoms. The summed E-state index contributed by atoms with van der Waals surface area (Å²) in [5.41, 5.74) is 0. The van der Waals surface area contributed by atoms with E-state index in [1.807, 2.05) is 0 Å². The van der Waals surface area contributed by atoms with E-state index in [2.05, 4.69) is 22.6 Å². The minimum Gasteiger partial charge on any atom is -0.352 e. The molecule has 1 amide bonds. The van der Waals surface area contributed by atoms with Gasteiger partial charge in [-0.05, 0) is 58.0 Å². The molecule has 0 aromatic carbocycles. The van der Waals surface area contributed by atoms with Crippen molar-refractivity contribution in [2.24, 2.45) is 5.92 Å². The molecule has 19 heavy (non-hydrogen) atoms. The minimum absolute atomic E-state index is 0.284. The standard InChI is InChI=1S/C15H27N3O/c1-18-6-2-3-14(10-18)17-15(19)9-11-7-12-4-5-13(8-11)16-12/h11-14,16H,2-10H2,1H3,(H,17,19). The van der Waals surface area contributed by atoms with Crippen LogP contribution in [0.5, 0.6) is 0 Å². The maximum Gasteiger partial charge on any atom is 0.220 e. The molecule has 3 rings (SSSR count). The average molecular weight is 265 g/mol. The Hall–Kier alpha value is -0.610. The van der Waals surface area contributed by atoms with E-state index in [1.54, 1.807) is 0 Å². The van der Waals surface area contributed by atoms with Crippen LogP contribution in [0.25, 0.3) is 0 Å². The second kappa shape index (κ2) is 5.80. The van der Waals surface area contributed by atoms with E-state index in [1.165, 1.54) is 38.6 Å². The first kappa shape index (κ1) is 13.4. The van der Waals surface area contributed by atoms with E-state index in [4.69, 9.17) is 0 Å². The molecule has 4 heteroatoms. The first-order valence-corrected chi connectivity index (χ1v) is 7.93. The fourth-order valence-corrected chi connectivity index (χ4v) is 4.17. The van der Waals surface area contributed by atoms with Gasteiger partial charge < -0.3 is 15.5 Å². The van der Waals surface area contributed by atoms with Crippen LogP contribution in [0.4, 0.5) is 0 Å². The lowest BCUT2D eigenvalue weighted by atomic mass is 9.89. The van der Waals surface area contributed by atoms with Gasteiger partial charge in [-0.15, -0.1) is 0 Å². The molecule has 3 aliphatic rings. The summed E-state index contributed by atoms with van der Waals surface area (Å²) in [5.74, 6) is 0.895. The molecule has 2 bridgehead atoms. The number of fused-ring (bicyclic) bond motifs is 2. The van der Waals surface area contributed by atoms with Gasteiger partial charge in [0.1, 0.15) is 0 Å². The number of nitrogens with zero attached hydrogens (tertiary/aromatic N) is 1. The summed E-state index contributed by atoms with van der Waals surface area (Å²) in [6.45, 7) is 2.19. The molecule has 108 valence electrons. The van der Waals surface area contributed by atoms with Crippen molar-refractivity contribution in [2.75, 3.05) is 20.1 Å². The molecule has 3 unspecified atom stereocenters. The smallest absolute Gasteiger partial charge is 0.220 e. The van der Waals surface area contributed by atoms with E-state index >= 15 is 0 Å². The third-order valence-electron chi connectivity index (χ3n) is 5.03. The van der Waals surface area contributed by atoms with Gasteiger partial charge in [0, 0.05) is 31.1 Å². The van der Waals surface area contributed by atoms with Crippen LogP contribution < -0.4 is 10.6 Å². The number of rotatable bonds is 3. The van der Waals surface area contributed by atoms with Gasteiger partial charge in [0.05, 0.1) is 0 Å². The summed E-state index contributed by atoms with van der Waals surface area (Å²) in [5, 5.41) is 6.89. The number of piperidine rings is 2. The van der Waals surface area contributed by atoms with Gasteiger partial charge in [-0.1, -0.05) is 0 Å². The van der Waals surface area contributed by atoms with Gasteiger partial charge in [-0.3, -0.25) is 4.79 Å². The highest BCUT2D eigenvalue weighted by molar-refractivity contribution is 5.76. The third-order valence-corrected chi connectivity index (χ3v) is 5.03. The van der Waals surface area contributed by atoms with Crippen molar-refractivity contribution in [3.8, 4) is 0 Å². The predicted molar refractivity (Wildman–Crippen MR) is 75.9 cm³/mol. The molecule has 4 nitrogen and oxygen atoms in total. The van der Waals surface area contributed by atoms with Crippen molar-refractivity contribution >= 4 is 5.91 Å². The Kier molecular flexibility index (Phi) is 4.08. The van der Waals surface area contributed by atoms with Gasteiger partial charge >= 0.3 is 0 Å². The van der Waals surface area contributed by atoms with E-state index in [9.17, 15) is 4.79 Å². The van der Waals surface area contributed by atoms with Gasteiger partial charge in [-0.2, -0.15) is 0 Å². The monoisotopic (exact) mass is 265 g/mol. The molecular weight excluding hydrogens is 238 g/mol. The quantitative estimate of drug-likeness (QED) is 0.804. The summed E-state index contributed by atoms with van der Waals surface area (Å²) in [4.78, 5) is 14.5. The molecule has 3 heterocycles. The van der Waals surface area contributed by atoms with Crippen molar-refractivity contribution in [1.29, 1.82) is 0 Å². The largest absolute Gasteiger partial charge is 0.352 e. The number of likely N-dealkylation sites (N-methyl/N-ethyl adjacent to an activating group) is 1. The summed E-state index contributed by atoms with van der Waals surface area (Å²) in [7, 11) is 2.14. The van der Waals surface area contributed by atoms with Gasteiger partial charge in [0.2, 0.25) is 5.91 Å². The molecular formula is C15H27N3O. The van der Waals surface area contributed by atoms with Crippen molar-refractivity contribution in [1.82, 2.24) is 15.5 Å². The Morgan fingerprint density at radius 1 is 1.26 bits per heavy atom. The van der Waals surface area contributed by atoms with Crippen LogP contribution in [-0.4, -0.2) is 49.1 Å². The van der Waals surface area contributed by atoms with Crippen molar-refractivity contribution in [3.63, 3.8) is 0 Å². The van der Waals surface area contributed by atoms with Crippen LogP contribution in [-0.2, 0) is 4.79 Å². The van der Waals surface area contributed by atoms with Crippen LogP contribution in [0.1, 0.15) is 44.9 Å². The minimum atomic E-state index is 0.284. The lowest BCUT2D eigenvalue weighted by Gasteiger charge is -2.32. The Morgan fingerprint density at radius 2 is 2.00 bits per heavy atom. The van der Waals surface area contributed by atoms with E-state index in [-0.39, 0.29) is 5.91 Å². The molecule has 0 radical (unpaired) electrons. The molecule has 0 aromatic rings. The number of likely N-dealkylation sites (tertiary alicyclic amines) is 1. The molecule has 3 saturated heterocycles. The molecule has 3 aliphatic heterocycles. The highest BCUT2D eigenvalue weighted by atomic mass is 16.1. The van der Waals surface area contributed by atoms with E-state index in [0.717, 1.165) is 19.4 Å². The van der Waals surface area contributed by atoms with Gasteiger partial charge in [0.15, 0.2) is 0 Å². The third kappa shape index (κ3) is 3.48. The van der Waals surface area contributed by atoms with Crippen molar-refractivity contribution < 1.29 is 4.79 Å². The number of amides is 1. The highest BCUT2D eigenvalue weighted by Gasteiger charge is 2.34. The zero-order valence-electron chi connectivity index (χ0n) is 12.0. The predicted octanol–water partition coefficient (Wildman–Crippen LogP) is 1.12. The molecule has 2 N–H and O–H groups in total. The van der Waals surface area contributed by atoms with Crippen molar-refractivity contribution in [2.45, 2.75) is 63.1 Å². The SMILES string of the molecule is CN1CCCC(NC(=O)CC2CC3CCC(C2)N3)C1. The lowest BCUT2D eigenvalue weighted by molar-refractivity contribution is -0.123. The van der Waals surface area contributed by atoms with Crippen LogP contribution in [0.15, 0.2) is 0 Å². The average Bonchev–Trinajstić information content (AvgIpc) is 2.68.